The summed E-state index contributed by atoms with van der Waals surface area (Å²) in [4.78, 5) is 5.95. The summed E-state index contributed by atoms with van der Waals surface area (Å²) in [6.07, 6.45) is 0.888. The highest BCUT2D eigenvalue weighted by Gasteiger charge is 2.26. The SMILES string of the molecule is COCCNC(CC(C)(C)OC)c1nc(C)c(C)s1. The molecule has 1 rings (SSSR count). The zero-order valence-electron chi connectivity index (χ0n) is 12.9. The lowest BCUT2D eigenvalue weighted by molar-refractivity contribution is 0.00630. The molecule has 110 valence electrons. The summed E-state index contributed by atoms with van der Waals surface area (Å²) < 4.78 is 10.6. The van der Waals surface area contributed by atoms with E-state index in [1.807, 2.05) is 0 Å². The molecule has 0 saturated carbocycles. The van der Waals surface area contributed by atoms with Crippen LogP contribution in [0, 0.1) is 13.8 Å². The van der Waals surface area contributed by atoms with Gasteiger partial charge >= 0.3 is 0 Å². The topological polar surface area (TPSA) is 43.4 Å². The fourth-order valence-electron chi connectivity index (χ4n) is 1.80. The van der Waals surface area contributed by atoms with Gasteiger partial charge in [0.25, 0.3) is 0 Å². The number of rotatable bonds is 8. The van der Waals surface area contributed by atoms with Crippen LogP contribution in [0.15, 0.2) is 0 Å². The van der Waals surface area contributed by atoms with Crippen LogP contribution in [0.25, 0.3) is 0 Å². The molecule has 1 unspecified atom stereocenters. The molecule has 1 N–H and O–H groups in total. The molecule has 0 amide bonds. The first-order valence-electron chi connectivity index (χ1n) is 6.61. The Hall–Kier alpha value is -0.490. The van der Waals surface area contributed by atoms with E-state index in [0.717, 1.165) is 23.7 Å². The van der Waals surface area contributed by atoms with Gasteiger partial charge < -0.3 is 14.8 Å². The standard InChI is InChI=1S/C14H26N2O2S/c1-10-11(2)19-13(16-10)12(15-7-8-17-5)9-14(3,4)18-6/h12,15H,7-9H2,1-6H3. The molecule has 0 saturated heterocycles. The van der Waals surface area contributed by atoms with Crippen LogP contribution < -0.4 is 5.32 Å². The highest BCUT2D eigenvalue weighted by molar-refractivity contribution is 7.11. The number of hydrogen-bond acceptors (Lipinski definition) is 5. The maximum Gasteiger partial charge on any atom is 0.110 e. The third-order valence-corrected chi connectivity index (χ3v) is 4.47. The molecule has 1 atom stereocenters. The normalized spacial score (nSPS) is 13.8. The van der Waals surface area contributed by atoms with Crippen molar-refractivity contribution < 1.29 is 9.47 Å². The maximum absolute atomic E-state index is 5.54. The van der Waals surface area contributed by atoms with Gasteiger partial charge in [0.15, 0.2) is 0 Å². The van der Waals surface area contributed by atoms with E-state index >= 15 is 0 Å². The zero-order valence-corrected chi connectivity index (χ0v) is 13.7. The summed E-state index contributed by atoms with van der Waals surface area (Å²) in [6, 6.07) is 0.211. The van der Waals surface area contributed by atoms with Crippen LogP contribution in [-0.4, -0.2) is 38.0 Å². The van der Waals surface area contributed by atoms with E-state index in [9.17, 15) is 0 Å². The smallest absolute Gasteiger partial charge is 0.110 e. The molecule has 5 heteroatoms. The van der Waals surface area contributed by atoms with Crippen molar-refractivity contribution in [3.63, 3.8) is 0 Å². The van der Waals surface area contributed by atoms with Crippen molar-refractivity contribution in [1.29, 1.82) is 0 Å². The fraction of sp³-hybridized carbons (Fsp3) is 0.786. The lowest BCUT2D eigenvalue weighted by Crippen LogP contribution is -2.33. The Morgan fingerprint density at radius 1 is 1.32 bits per heavy atom. The van der Waals surface area contributed by atoms with Gasteiger partial charge in [-0.05, 0) is 34.1 Å². The largest absolute Gasteiger partial charge is 0.383 e. The second-order valence-electron chi connectivity index (χ2n) is 5.36. The van der Waals surface area contributed by atoms with E-state index in [-0.39, 0.29) is 11.6 Å². The van der Waals surface area contributed by atoms with Gasteiger partial charge in [-0.1, -0.05) is 0 Å². The molecule has 1 aromatic rings. The molecule has 0 aliphatic heterocycles. The van der Waals surface area contributed by atoms with Crippen LogP contribution in [0.5, 0.6) is 0 Å². The van der Waals surface area contributed by atoms with Crippen molar-refractivity contribution in [1.82, 2.24) is 10.3 Å². The van der Waals surface area contributed by atoms with Crippen molar-refractivity contribution in [3.05, 3.63) is 15.6 Å². The van der Waals surface area contributed by atoms with Gasteiger partial charge in [-0.3, -0.25) is 0 Å². The summed E-state index contributed by atoms with van der Waals surface area (Å²) in [7, 11) is 3.47. The molecule has 0 spiro atoms. The van der Waals surface area contributed by atoms with E-state index in [0.29, 0.717) is 6.61 Å². The minimum Gasteiger partial charge on any atom is -0.383 e. The predicted octanol–water partition coefficient (Wildman–Crippen LogP) is 2.85. The Morgan fingerprint density at radius 2 is 2.00 bits per heavy atom. The Kier molecular flexibility index (Phi) is 6.39. The molecule has 0 radical (unpaired) electrons. The van der Waals surface area contributed by atoms with E-state index in [1.165, 1.54) is 4.88 Å². The average molecular weight is 286 g/mol. The second-order valence-corrected chi connectivity index (χ2v) is 6.60. The molecular formula is C14H26N2O2S. The summed E-state index contributed by atoms with van der Waals surface area (Å²) in [5.41, 5.74) is 0.951. The average Bonchev–Trinajstić information content (AvgIpc) is 2.68. The van der Waals surface area contributed by atoms with Crippen molar-refractivity contribution in [2.45, 2.75) is 45.8 Å². The van der Waals surface area contributed by atoms with Gasteiger partial charge in [0.05, 0.1) is 23.9 Å². The Labute approximate surface area is 120 Å². The minimum absolute atomic E-state index is 0.168. The number of aryl methyl sites for hydroxylation is 2. The summed E-state index contributed by atoms with van der Waals surface area (Å²) in [5.74, 6) is 0. The van der Waals surface area contributed by atoms with Crippen molar-refractivity contribution in [2.75, 3.05) is 27.4 Å². The summed E-state index contributed by atoms with van der Waals surface area (Å²) in [5, 5.41) is 4.65. The first-order valence-corrected chi connectivity index (χ1v) is 7.42. The molecule has 0 aliphatic carbocycles. The molecule has 0 fully saturated rings. The molecule has 0 aliphatic rings. The number of ether oxygens (including phenoxy) is 2. The number of thiazole rings is 1. The highest BCUT2D eigenvalue weighted by atomic mass is 32.1. The molecular weight excluding hydrogens is 260 g/mol. The predicted molar refractivity (Wildman–Crippen MR) is 79.9 cm³/mol. The Morgan fingerprint density at radius 3 is 2.47 bits per heavy atom. The number of aromatic nitrogens is 1. The highest BCUT2D eigenvalue weighted by Crippen LogP contribution is 2.30. The number of methoxy groups -OCH3 is 2. The molecule has 1 aromatic heterocycles. The quantitative estimate of drug-likeness (QED) is 0.746. The second kappa shape index (κ2) is 7.33. The van der Waals surface area contributed by atoms with Gasteiger partial charge in [-0.25, -0.2) is 4.98 Å². The lowest BCUT2D eigenvalue weighted by Gasteiger charge is -2.28. The van der Waals surface area contributed by atoms with Gasteiger partial charge in [0.2, 0.25) is 0 Å². The number of hydrogen-bond donors (Lipinski definition) is 1. The van der Waals surface area contributed by atoms with Crippen LogP contribution in [0.1, 0.15) is 41.9 Å². The number of nitrogens with zero attached hydrogens (tertiary/aromatic N) is 1. The van der Waals surface area contributed by atoms with E-state index in [2.05, 4.69) is 38.0 Å². The minimum atomic E-state index is -0.168. The first-order chi connectivity index (χ1) is 8.89. The fourth-order valence-corrected chi connectivity index (χ4v) is 2.80. The van der Waals surface area contributed by atoms with Crippen LogP contribution >= 0.6 is 11.3 Å². The van der Waals surface area contributed by atoms with Crippen LogP contribution in [0.4, 0.5) is 0 Å². The summed E-state index contributed by atoms with van der Waals surface area (Å²) >= 11 is 1.76. The van der Waals surface area contributed by atoms with Crippen LogP contribution in [0.3, 0.4) is 0 Å². The van der Waals surface area contributed by atoms with Gasteiger partial charge in [0.1, 0.15) is 5.01 Å². The Bertz CT molecular complexity index is 371. The zero-order chi connectivity index (χ0) is 14.5. The lowest BCUT2D eigenvalue weighted by atomic mass is 9.99. The molecule has 0 bridgehead atoms. The molecule has 0 aromatic carbocycles. The van der Waals surface area contributed by atoms with Gasteiger partial charge in [-0.15, -0.1) is 11.3 Å². The molecule has 1 heterocycles. The Balaban J connectivity index is 2.79. The van der Waals surface area contributed by atoms with Gasteiger partial charge in [-0.2, -0.15) is 0 Å². The van der Waals surface area contributed by atoms with E-state index in [4.69, 9.17) is 9.47 Å². The van der Waals surface area contributed by atoms with Crippen molar-refractivity contribution >= 4 is 11.3 Å². The third kappa shape index (κ3) is 5.18. The maximum atomic E-state index is 5.54. The van der Waals surface area contributed by atoms with Crippen molar-refractivity contribution in [2.24, 2.45) is 0 Å². The molecule has 19 heavy (non-hydrogen) atoms. The first kappa shape index (κ1) is 16.6. The monoisotopic (exact) mass is 286 g/mol. The van der Waals surface area contributed by atoms with E-state index < -0.39 is 0 Å². The van der Waals surface area contributed by atoms with Crippen LogP contribution in [0.2, 0.25) is 0 Å². The third-order valence-electron chi connectivity index (χ3n) is 3.29. The van der Waals surface area contributed by atoms with Gasteiger partial charge in [0, 0.05) is 25.6 Å². The molecule has 4 nitrogen and oxygen atoms in total. The summed E-state index contributed by atoms with van der Waals surface area (Å²) in [6.45, 7) is 9.90. The van der Waals surface area contributed by atoms with E-state index in [1.54, 1.807) is 25.6 Å². The van der Waals surface area contributed by atoms with Crippen molar-refractivity contribution in [3.8, 4) is 0 Å². The number of nitrogens with one attached hydrogen (secondary N) is 1. The van der Waals surface area contributed by atoms with Crippen LogP contribution in [-0.2, 0) is 9.47 Å².